The number of carbonyl (C=O) groups excluding carboxylic acids is 1. The fraction of sp³-hybridized carbons (Fsp3) is 0.533. The second-order valence-corrected chi connectivity index (χ2v) is 6.16. The van der Waals surface area contributed by atoms with E-state index in [0.29, 0.717) is 11.7 Å². The van der Waals surface area contributed by atoms with Gasteiger partial charge >= 0.3 is 0 Å². The van der Waals surface area contributed by atoms with Gasteiger partial charge in [-0.05, 0) is 48.8 Å². The van der Waals surface area contributed by atoms with E-state index in [9.17, 15) is 4.79 Å². The minimum absolute atomic E-state index is 0.437. The van der Waals surface area contributed by atoms with E-state index in [1.807, 2.05) is 11.8 Å². The number of hydrogen-bond donors (Lipinski definition) is 1. The van der Waals surface area contributed by atoms with Gasteiger partial charge in [0.2, 0.25) is 0 Å². The van der Waals surface area contributed by atoms with Crippen molar-refractivity contribution in [3.8, 4) is 0 Å². The third-order valence-corrected chi connectivity index (χ3v) is 4.32. The monoisotopic (exact) mass is 263 g/mol. The van der Waals surface area contributed by atoms with Crippen LogP contribution in [0.15, 0.2) is 29.2 Å². The Morgan fingerprint density at radius 1 is 1.22 bits per heavy atom. The summed E-state index contributed by atoms with van der Waals surface area (Å²) in [5.74, 6) is 2.21. The maximum atomic E-state index is 11.2. The van der Waals surface area contributed by atoms with E-state index in [-0.39, 0.29) is 0 Å². The van der Waals surface area contributed by atoms with E-state index in [0.717, 1.165) is 38.0 Å². The third kappa shape index (κ3) is 4.05. The fourth-order valence-electron chi connectivity index (χ4n) is 2.30. The molecule has 2 rings (SSSR count). The quantitative estimate of drug-likeness (QED) is 0.815. The van der Waals surface area contributed by atoms with Gasteiger partial charge in [0.15, 0.2) is 0 Å². The van der Waals surface area contributed by atoms with Gasteiger partial charge < -0.3 is 5.32 Å². The topological polar surface area (TPSA) is 29.1 Å². The molecular weight excluding hydrogens is 242 g/mol. The number of anilines is 1. The van der Waals surface area contributed by atoms with Crippen molar-refractivity contribution in [1.82, 2.24) is 0 Å². The van der Waals surface area contributed by atoms with Crippen LogP contribution < -0.4 is 5.32 Å². The van der Waals surface area contributed by atoms with Crippen molar-refractivity contribution >= 4 is 23.2 Å². The highest BCUT2D eigenvalue weighted by atomic mass is 32.2. The molecular formula is C15H21NOS. The van der Waals surface area contributed by atoms with Crippen molar-refractivity contribution in [3.05, 3.63) is 24.3 Å². The first-order valence-electron chi connectivity index (χ1n) is 6.76. The first-order valence-corrected chi connectivity index (χ1v) is 7.75. The maximum absolute atomic E-state index is 11.2. The molecule has 0 spiro atoms. The van der Waals surface area contributed by atoms with Gasteiger partial charge in [-0.15, -0.1) is 11.8 Å². The van der Waals surface area contributed by atoms with Crippen molar-refractivity contribution in [2.75, 3.05) is 17.6 Å². The van der Waals surface area contributed by atoms with Crippen LogP contribution in [0.4, 0.5) is 5.69 Å². The minimum atomic E-state index is 0.437. The van der Waals surface area contributed by atoms with Crippen LogP contribution in [0.1, 0.15) is 32.6 Å². The average Bonchev–Trinajstić information content (AvgIpc) is 2.40. The number of carbonyl (C=O) groups is 1. The molecule has 3 heteroatoms. The molecule has 1 fully saturated rings. The zero-order chi connectivity index (χ0) is 12.8. The van der Waals surface area contributed by atoms with Crippen LogP contribution in [-0.4, -0.2) is 18.1 Å². The molecule has 0 aromatic heterocycles. The molecule has 0 amide bonds. The highest BCUT2D eigenvalue weighted by Gasteiger charge is 2.18. The predicted molar refractivity (Wildman–Crippen MR) is 78.3 cm³/mol. The lowest BCUT2D eigenvalue weighted by Gasteiger charge is -2.21. The minimum Gasteiger partial charge on any atom is -0.385 e. The van der Waals surface area contributed by atoms with Crippen molar-refractivity contribution in [3.63, 3.8) is 0 Å². The van der Waals surface area contributed by atoms with Crippen molar-refractivity contribution in [2.24, 2.45) is 5.92 Å². The van der Waals surface area contributed by atoms with Crippen LogP contribution in [-0.2, 0) is 4.79 Å². The number of nitrogens with one attached hydrogen (secondary N) is 1. The molecule has 1 aliphatic rings. The number of benzene rings is 1. The van der Waals surface area contributed by atoms with Gasteiger partial charge in [-0.3, -0.25) is 4.79 Å². The van der Waals surface area contributed by atoms with Crippen LogP contribution in [0.25, 0.3) is 0 Å². The molecule has 0 atom stereocenters. The molecule has 1 aromatic rings. The Labute approximate surface area is 114 Å². The van der Waals surface area contributed by atoms with Gasteiger partial charge in [0.05, 0.1) is 0 Å². The van der Waals surface area contributed by atoms with E-state index in [2.05, 4.69) is 36.5 Å². The van der Waals surface area contributed by atoms with Crippen LogP contribution >= 0.6 is 11.8 Å². The fourth-order valence-corrected chi connectivity index (χ4v) is 2.96. The molecule has 0 radical (unpaired) electrons. The molecule has 0 saturated heterocycles. The Morgan fingerprint density at radius 3 is 2.50 bits per heavy atom. The van der Waals surface area contributed by atoms with Crippen LogP contribution in [0.3, 0.4) is 0 Å². The predicted octanol–water partition coefficient (Wildman–Crippen LogP) is 3.97. The summed E-state index contributed by atoms with van der Waals surface area (Å²) in [6.45, 7) is 3.16. The Bertz CT molecular complexity index is 378. The SMILES string of the molecule is CCSc1ccc(NCC2CCC(=O)CC2)cc1. The highest BCUT2D eigenvalue weighted by Crippen LogP contribution is 2.23. The van der Waals surface area contributed by atoms with Crippen molar-refractivity contribution in [1.29, 1.82) is 0 Å². The second-order valence-electron chi connectivity index (χ2n) is 4.82. The highest BCUT2D eigenvalue weighted by molar-refractivity contribution is 7.99. The normalized spacial score (nSPS) is 16.8. The summed E-state index contributed by atoms with van der Waals surface area (Å²) in [7, 11) is 0. The Balaban J connectivity index is 1.77. The number of thioether (sulfide) groups is 1. The van der Waals surface area contributed by atoms with E-state index < -0.39 is 0 Å². The number of ketones is 1. The molecule has 2 nitrogen and oxygen atoms in total. The van der Waals surface area contributed by atoms with Gasteiger partial charge in [0.1, 0.15) is 5.78 Å². The maximum Gasteiger partial charge on any atom is 0.132 e. The van der Waals surface area contributed by atoms with Crippen LogP contribution in [0.5, 0.6) is 0 Å². The molecule has 0 aliphatic heterocycles. The molecule has 1 N–H and O–H groups in total. The molecule has 1 aromatic carbocycles. The van der Waals surface area contributed by atoms with Gasteiger partial charge in [0, 0.05) is 30.0 Å². The van der Waals surface area contributed by atoms with E-state index in [1.54, 1.807) is 0 Å². The smallest absolute Gasteiger partial charge is 0.132 e. The van der Waals surface area contributed by atoms with E-state index >= 15 is 0 Å². The van der Waals surface area contributed by atoms with Gasteiger partial charge in [-0.1, -0.05) is 6.92 Å². The van der Waals surface area contributed by atoms with Crippen molar-refractivity contribution in [2.45, 2.75) is 37.5 Å². The standard InChI is InChI=1S/C15H21NOS/c1-2-18-15-9-5-13(6-10-15)16-11-12-3-7-14(17)8-4-12/h5-6,9-10,12,16H,2-4,7-8,11H2,1H3. The lowest BCUT2D eigenvalue weighted by Crippen LogP contribution is -2.20. The summed E-state index contributed by atoms with van der Waals surface area (Å²) in [6, 6.07) is 8.62. The molecule has 0 unspecified atom stereocenters. The average molecular weight is 263 g/mol. The Kier molecular flexibility index (Phi) is 5.12. The van der Waals surface area contributed by atoms with Gasteiger partial charge in [-0.2, -0.15) is 0 Å². The summed E-state index contributed by atoms with van der Waals surface area (Å²) in [6.07, 6.45) is 3.65. The third-order valence-electron chi connectivity index (χ3n) is 3.42. The zero-order valence-corrected chi connectivity index (χ0v) is 11.8. The summed E-state index contributed by atoms with van der Waals surface area (Å²) in [5.41, 5.74) is 1.19. The van der Waals surface area contributed by atoms with Gasteiger partial charge in [0.25, 0.3) is 0 Å². The molecule has 98 valence electrons. The summed E-state index contributed by atoms with van der Waals surface area (Å²) in [5, 5.41) is 3.48. The van der Waals surface area contributed by atoms with E-state index in [1.165, 1.54) is 10.6 Å². The molecule has 0 heterocycles. The van der Waals surface area contributed by atoms with Gasteiger partial charge in [-0.25, -0.2) is 0 Å². The molecule has 18 heavy (non-hydrogen) atoms. The largest absolute Gasteiger partial charge is 0.385 e. The Hall–Kier alpha value is -0.960. The number of hydrogen-bond acceptors (Lipinski definition) is 3. The first kappa shape index (κ1) is 13.5. The van der Waals surface area contributed by atoms with Crippen LogP contribution in [0, 0.1) is 5.92 Å². The van der Waals surface area contributed by atoms with E-state index in [4.69, 9.17) is 0 Å². The number of rotatable bonds is 5. The summed E-state index contributed by atoms with van der Waals surface area (Å²) >= 11 is 1.87. The lowest BCUT2D eigenvalue weighted by molar-refractivity contribution is -0.120. The molecule has 1 saturated carbocycles. The zero-order valence-electron chi connectivity index (χ0n) is 10.9. The molecule has 0 bridgehead atoms. The van der Waals surface area contributed by atoms with Crippen molar-refractivity contribution < 1.29 is 4.79 Å². The Morgan fingerprint density at radius 2 is 1.89 bits per heavy atom. The summed E-state index contributed by atoms with van der Waals surface area (Å²) < 4.78 is 0. The van der Waals surface area contributed by atoms with Crippen LogP contribution in [0.2, 0.25) is 0 Å². The first-order chi connectivity index (χ1) is 8.78. The summed E-state index contributed by atoms with van der Waals surface area (Å²) in [4.78, 5) is 12.5. The molecule has 1 aliphatic carbocycles. The number of Topliss-reactive ketones (excluding diaryl/α,β-unsaturated/α-hetero) is 1. The second kappa shape index (κ2) is 6.83. The lowest BCUT2D eigenvalue weighted by atomic mass is 9.88.